The Kier molecular flexibility index (Phi) is 3.64. The van der Waals surface area contributed by atoms with Gasteiger partial charge in [-0.25, -0.2) is 13.1 Å². The van der Waals surface area contributed by atoms with E-state index >= 15 is 0 Å². The van der Waals surface area contributed by atoms with E-state index in [1.165, 1.54) is 0 Å². The highest BCUT2D eigenvalue weighted by Gasteiger charge is 2.31. The number of carbonyl (C=O) groups is 2. The summed E-state index contributed by atoms with van der Waals surface area (Å²) < 4.78 is 33.4. The van der Waals surface area contributed by atoms with Crippen molar-refractivity contribution in [1.29, 1.82) is 0 Å². The van der Waals surface area contributed by atoms with Gasteiger partial charge in [0.15, 0.2) is 5.75 Å². The second-order valence-corrected chi connectivity index (χ2v) is 4.72. The van der Waals surface area contributed by atoms with Crippen molar-refractivity contribution in [3.8, 4) is 0 Å². The average Bonchev–Trinajstić information content (AvgIpc) is 2.50. The maximum atomic E-state index is 11.3. The summed E-state index contributed by atoms with van der Waals surface area (Å²) in [7, 11) is -2.75. The van der Waals surface area contributed by atoms with Crippen molar-refractivity contribution in [2.24, 2.45) is 0 Å². The van der Waals surface area contributed by atoms with Gasteiger partial charge < -0.3 is 9.47 Å². The van der Waals surface area contributed by atoms with Crippen LogP contribution in [0.25, 0.3) is 0 Å². The van der Waals surface area contributed by atoms with Gasteiger partial charge in [-0.05, 0) is 0 Å². The van der Waals surface area contributed by atoms with Crippen molar-refractivity contribution in [1.82, 2.24) is 4.72 Å². The fourth-order valence-electron chi connectivity index (χ4n) is 1.08. The van der Waals surface area contributed by atoms with E-state index in [9.17, 15) is 18.0 Å². The number of esters is 2. The second kappa shape index (κ2) is 4.58. The minimum absolute atomic E-state index is 0.185. The summed E-state index contributed by atoms with van der Waals surface area (Å²) in [6.45, 7) is 0.185. The van der Waals surface area contributed by atoms with E-state index in [0.29, 0.717) is 0 Å². The molecule has 0 spiro atoms. The largest absolute Gasteiger partial charge is 0.468 e. The molecule has 1 heterocycles. The fourth-order valence-corrected chi connectivity index (χ4v) is 2.23. The molecule has 0 bridgehead atoms. The van der Waals surface area contributed by atoms with E-state index < -0.39 is 33.8 Å². The van der Waals surface area contributed by atoms with E-state index in [1.54, 1.807) is 0 Å². The number of nitrogens with one attached hydrogen (secondary N) is 1. The molecule has 0 aromatic heterocycles. The summed E-state index contributed by atoms with van der Waals surface area (Å²) in [6, 6.07) is -0.889. The molecule has 1 N–H and O–H groups in total. The lowest BCUT2D eigenvalue weighted by atomic mass is 10.3. The van der Waals surface area contributed by atoms with E-state index in [2.05, 4.69) is 14.2 Å². The molecule has 0 aromatic rings. The highest BCUT2D eigenvalue weighted by atomic mass is 32.2. The molecule has 7 nitrogen and oxygen atoms in total. The number of cyclic esters (lactones) is 1. The number of rotatable bonds is 4. The van der Waals surface area contributed by atoms with Crippen LogP contribution in [0.1, 0.15) is 6.42 Å². The van der Waals surface area contributed by atoms with Crippen LogP contribution in [0.3, 0.4) is 0 Å². The van der Waals surface area contributed by atoms with Gasteiger partial charge in [0.1, 0.15) is 6.04 Å². The fraction of sp³-hybridized carbons (Fsp3) is 0.714. The van der Waals surface area contributed by atoms with Gasteiger partial charge in [0, 0.05) is 6.42 Å². The van der Waals surface area contributed by atoms with E-state index in [-0.39, 0.29) is 13.0 Å². The highest BCUT2D eigenvalue weighted by molar-refractivity contribution is 7.90. The minimum atomic E-state index is -3.83. The third-order valence-electron chi connectivity index (χ3n) is 1.79. The quantitative estimate of drug-likeness (QED) is 0.591. The molecule has 15 heavy (non-hydrogen) atoms. The molecular weight excluding hydrogens is 226 g/mol. The van der Waals surface area contributed by atoms with Crippen molar-refractivity contribution in [3.63, 3.8) is 0 Å². The molecule has 0 unspecified atom stereocenters. The van der Waals surface area contributed by atoms with Gasteiger partial charge >= 0.3 is 11.9 Å². The maximum absolute atomic E-state index is 11.3. The monoisotopic (exact) mass is 237 g/mol. The predicted molar refractivity (Wildman–Crippen MR) is 48.3 cm³/mol. The lowest BCUT2D eigenvalue weighted by Gasteiger charge is -2.08. The third-order valence-corrected chi connectivity index (χ3v) is 3.05. The molecule has 1 aliphatic heterocycles. The second-order valence-electron chi connectivity index (χ2n) is 2.96. The SMILES string of the molecule is COC(=O)CS(=O)(=O)N[C@H]1CCOC1=O. The molecule has 1 aliphatic rings. The first-order valence-corrected chi connectivity index (χ1v) is 5.83. The number of hydrogen-bond acceptors (Lipinski definition) is 6. The third kappa shape index (κ3) is 3.48. The first-order chi connectivity index (χ1) is 6.94. The number of methoxy groups -OCH3 is 1. The Hall–Kier alpha value is -1.15. The van der Waals surface area contributed by atoms with Gasteiger partial charge in [-0.2, -0.15) is 0 Å². The molecule has 1 fully saturated rings. The van der Waals surface area contributed by atoms with Crippen molar-refractivity contribution in [2.45, 2.75) is 12.5 Å². The van der Waals surface area contributed by atoms with Crippen LogP contribution in [0, 0.1) is 0 Å². The number of carbonyl (C=O) groups excluding carboxylic acids is 2. The van der Waals surface area contributed by atoms with E-state index in [1.807, 2.05) is 0 Å². The van der Waals surface area contributed by atoms with Crippen molar-refractivity contribution in [2.75, 3.05) is 19.5 Å². The van der Waals surface area contributed by atoms with Crippen molar-refractivity contribution < 1.29 is 27.5 Å². The summed E-state index contributed by atoms with van der Waals surface area (Å²) in [4.78, 5) is 21.7. The van der Waals surface area contributed by atoms with Crippen LogP contribution in [-0.2, 0) is 29.1 Å². The van der Waals surface area contributed by atoms with Gasteiger partial charge in [0.2, 0.25) is 10.0 Å². The number of sulfonamides is 1. The predicted octanol–water partition coefficient (Wildman–Crippen LogP) is -1.61. The highest BCUT2D eigenvalue weighted by Crippen LogP contribution is 2.07. The molecule has 1 rings (SSSR count). The smallest absolute Gasteiger partial charge is 0.324 e. The normalized spacial score (nSPS) is 21.1. The summed E-state index contributed by atoms with van der Waals surface area (Å²) >= 11 is 0. The van der Waals surface area contributed by atoms with Gasteiger partial charge in [-0.3, -0.25) is 9.59 Å². The molecule has 8 heteroatoms. The lowest BCUT2D eigenvalue weighted by molar-refractivity contribution is -0.140. The first-order valence-electron chi connectivity index (χ1n) is 4.18. The summed E-state index contributed by atoms with van der Waals surface area (Å²) in [6.07, 6.45) is 0.277. The van der Waals surface area contributed by atoms with Crippen LogP contribution >= 0.6 is 0 Å². The summed E-state index contributed by atoms with van der Waals surface area (Å²) in [5.74, 6) is -2.30. The van der Waals surface area contributed by atoms with Crippen LogP contribution in [0.4, 0.5) is 0 Å². The number of hydrogen-bond donors (Lipinski definition) is 1. The van der Waals surface area contributed by atoms with E-state index in [4.69, 9.17) is 0 Å². The van der Waals surface area contributed by atoms with Gasteiger partial charge in [-0.1, -0.05) is 0 Å². The summed E-state index contributed by atoms with van der Waals surface area (Å²) in [5.41, 5.74) is 0. The Labute approximate surface area is 86.8 Å². The van der Waals surface area contributed by atoms with E-state index in [0.717, 1.165) is 7.11 Å². The Morgan fingerprint density at radius 3 is 2.80 bits per heavy atom. The van der Waals surface area contributed by atoms with Gasteiger partial charge in [0.05, 0.1) is 13.7 Å². The Balaban J connectivity index is 2.56. The minimum Gasteiger partial charge on any atom is -0.468 e. The zero-order valence-corrected chi connectivity index (χ0v) is 8.87. The Morgan fingerprint density at radius 1 is 1.67 bits per heavy atom. The van der Waals surface area contributed by atoms with Crippen LogP contribution < -0.4 is 4.72 Å². The topological polar surface area (TPSA) is 98.8 Å². The molecule has 0 radical (unpaired) electrons. The van der Waals surface area contributed by atoms with Crippen LogP contribution in [0.15, 0.2) is 0 Å². The number of ether oxygens (including phenoxy) is 2. The molecule has 0 saturated carbocycles. The van der Waals surface area contributed by atoms with Crippen molar-refractivity contribution in [3.05, 3.63) is 0 Å². The zero-order chi connectivity index (χ0) is 11.5. The molecule has 0 aliphatic carbocycles. The molecule has 1 saturated heterocycles. The summed E-state index contributed by atoms with van der Waals surface area (Å²) in [5, 5.41) is 0. The molecular formula is C7H11NO6S. The maximum Gasteiger partial charge on any atom is 0.324 e. The standard InChI is InChI=1S/C7H11NO6S/c1-13-6(9)4-15(11,12)8-5-2-3-14-7(5)10/h5,8H,2-4H2,1H3/t5-/m0/s1. The first kappa shape index (κ1) is 11.9. The average molecular weight is 237 g/mol. The molecule has 0 aromatic carbocycles. The zero-order valence-electron chi connectivity index (χ0n) is 8.06. The van der Waals surface area contributed by atoms with Gasteiger partial charge in [-0.15, -0.1) is 0 Å². The molecule has 1 atom stereocenters. The Bertz CT molecular complexity index is 362. The molecule has 86 valence electrons. The Morgan fingerprint density at radius 2 is 2.33 bits per heavy atom. The van der Waals surface area contributed by atoms with Gasteiger partial charge in [0.25, 0.3) is 0 Å². The van der Waals surface area contributed by atoms with Crippen LogP contribution in [0.2, 0.25) is 0 Å². The lowest BCUT2D eigenvalue weighted by Crippen LogP contribution is -2.40. The van der Waals surface area contributed by atoms with Crippen LogP contribution in [-0.4, -0.2) is 45.9 Å². The van der Waals surface area contributed by atoms with Crippen molar-refractivity contribution >= 4 is 22.0 Å². The van der Waals surface area contributed by atoms with Crippen LogP contribution in [0.5, 0.6) is 0 Å². The molecule has 0 amide bonds.